The van der Waals surface area contributed by atoms with Crippen molar-refractivity contribution in [1.29, 1.82) is 0 Å². The van der Waals surface area contributed by atoms with Crippen LogP contribution in [0.5, 0.6) is 0 Å². The number of rotatable bonds is 3. The maximum absolute atomic E-state index is 13.5. The lowest BCUT2D eigenvalue weighted by atomic mass is 9.95. The summed E-state index contributed by atoms with van der Waals surface area (Å²) < 4.78 is 65.5. The molecular formula is C15H12F5N. The fourth-order valence-electron chi connectivity index (χ4n) is 2.11. The van der Waals surface area contributed by atoms with E-state index in [1.54, 1.807) is 6.07 Å². The Labute approximate surface area is 118 Å². The van der Waals surface area contributed by atoms with E-state index in [2.05, 4.69) is 0 Å². The van der Waals surface area contributed by atoms with E-state index in [4.69, 9.17) is 5.73 Å². The lowest BCUT2D eigenvalue weighted by molar-refractivity contribution is -0.138. The Morgan fingerprint density at radius 1 is 1.00 bits per heavy atom. The number of alkyl halides is 3. The van der Waals surface area contributed by atoms with Crippen molar-refractivity contribution in [1.82, 2.24) is 0 Å². The van der Waals surface area contributed by atoms with Gasteiger partial charge >= 0.3 is 6.18 Å². The van der Waals surface area contributed by atoms with Crippen molar-refractivity contribution in [3.05, 3.63) is 70.8 Å². The Morgan fingerprint density at radius 2 is 1.67 bits per heavy atom. The number of hydrogen-bond donors (Lipinski definition) is 1. The molecule has 0 spiro atoms. The van der Waals surface area contributed by atoms with Crippen molar-refractivity contribution in [2.45, 2.75) is 18.6 Å². The molecule has 0 radical (unpaired) electrons. The van der Waals surface area contributed by atoms with Gasteiger partial charge in [0.05, 0.1) is 5.56 Å². The maximum Gasteiger partial charge on any atom is 0.416 e. The van der Waals surface area contributed by atoms with Crippen molar-refractivity contribution in [2.24, 2.45) is 5.73 Å². The summed E-state index contributed by atoms with van der Waals surface area (Å²) in [6, 6.07) is 6.60. The average molecular weight is 301 g/mol. The molecule has 0 saturated carbocycles. The van der Waals surface area contributed by atoms with E-state index in [-0.39, 0.29) is 17.5 Å². The van der Waals surface area contributed by atoms with Crippen LogP contribution < -0.4 is 5.73 Å². The molecule has 0 aliphatic carbocycles. The third kappa shape index (κ3) is 3.58. The van der Waals surface area contributed by atoms with Crippen LogP contribution in [0.2, 0.25) is 0 Å². The Morgan fingerprint density at radius 3 is 2.29 bits per heavy atom. The predicted molar refractivity (Wildman–Crippen MR) is 68.4 cm³/mol. The third-order valence-corrected chi connectivity index (χ3v) is 3.12. The van der Waals surface area contributed by atoms with Gasteiger partial charge in [-0.3, -0.25) is 0 Å². The van der Waals surface area contributed by atoms with Gasteiger partial charge in [0.15, 0.2) is 0 Å². The zero-order chi connectivity index (χ0) is 15.6. The van der Waals surface area contributed by atoms with Crippen molar-refractivity contribution in [2.75, 3.05) is 0 Å². The van der Waals surface area contributed by atoms with E-state index < -0.39 is 29.4 Å². The van der Waals surface area contributed by atoms with E-state index in [1.807, 2.05) is 0 Å². The Balaban J connectivity index is 2.37. The molecule has 2 aromatic rings. The predicted octanol–water partition coefficient (Wildman–Crippen LogP) is 4.23. The molecule has 0 aliphatic heterocycles. The molecule has 112 valence electrons. The van der Waals surface area contributed by atoms with Crippen LogP contribution in [0.4, 0.5) is 22.0 Å². The summed E-state index contributed by atoms with van der Waals surface area (Å²) in [4.78, 5) is 0. The highest BCUT2D eigenvalue weighted by Gasteiger charge is 2.34. The van der Waals surface area contributed by atoms with Crippen molar-refractivity contribution < 1.29 is 22.0 Å². The normalized spacial score (nSPS) is 13.2. The molecule has 0 amide bonds. The topological polar surface area (TPSA) is 26.0 Å². The highest BCUT2D eigenvalue weighted by atomic mass is 19.4. The van der Waals surface area contributed by atoms with E-state index >= 15 is 0 Å². The molecule has 0 heterocycles. The summed E-state index contributed by atoms with van der Waals surface area (Å²) in [5, 5.41) is 0. The second-order valence-electron chi connectivity index (χ2n) is 4.63. The monoisotopic (exact) mass is 301 g/mol. The van der Waals surface area contributed by atoms with Crippen molar-refractivity contribution >= 4 is 0 Å². The van der Waals surface area contributed by atoms with Crippen LogP contribution in [0, 0.1) is 11.6 Å². The molecule has 0 bridgehead atoms. The van der Waals surface area contributed by atoms with Crippen LogP contribution in [0.3, 0.4) is 0 Å². The first kappa shape index (κ1) is 15.4. The first-order valence-electron chi connectivity index (χ1n) is 6.14. The molecule has 1 atom stereocenters. The first-order chi connectivity index (χ1) is 9.79. The Hall–Kier alpha value is -1.95. The molecule has 0 aliphatic rings. The molecule has 2 N–H and O–H groups in total. The molecule has 2 rings (SSSR count). The van der Waals surface area contributed by atoms with Gasteiger partial charge in [-0.1, -0.05) is 18.2 Å². The minimum Gasteiger partial charge on any atom is -0.324 e. The Bertz CT molecular complexity index is 636. The molecule has 2 aromatic carbocycles. The molecule has 0 aromatic heterocycles. The molecule has 0 saturated heterocycles. The van der Waals surface area contributed by atoms with Gasteiger partial charge in [-0.25, -0.2) is 8.78 Å². The van der Waals surface area contributed by atoms with Crippen molar-refractivity contribution in [3.63, 3.8) is 0 Å². The smallest absolute Gasteiger partial charge is 0.324 e. The van der Waals surface area contributed by atoms with Crippen LogP contribution in [-0.2, 0) is 12.6 Å². The summed E-state index contributed by atoms with van der Waals surface area (Å²) in [6.07, 6.45) is -4.80. The molecule has 6 heteroatoms. The number of nitrogens with two attached hydrogens (primary N) is 1. The lowest BCUT2D eigenvalue weighted by Crippen LogP contribution is -2.20. The summed E-state index contributed by atoms with van der Waals surface area (Å²) in [6.45, 7) is 0. The van der Waals surface area contributed by atoms with Gasteiger partial charge in [0.2, 0.25) is 0 Å². The minimum absolute atomic E-state index is 0.154. The van der Waals surface area contributed by atoms with Gasteiger partial charge in [-0.05, 0) is 41.8 Å². The van der Waals surface area contributed by atoms with Crippen molar-refractivity contribution in [3.8, 4) is 0 Å². The number of halogens is 5. The standard InChI is InChI=1S/C15H12F5N/c16-10-5-6-12(15(18,19)20)11(8-10)14(21)7-9-3-1-2-4-13(9)17/h1-6,8,14H,7,21H2. The van der Waals surface area contributed by atoms with E-state index in [0.29, 0.717) is 6.07 Å². The molecule has 0 fully saturated rings. The molecule has 21 heavy (non-hydrogen) atoms. The molecular weight excluding hydrogens is 289 g/mol. The van der Waals surface area contributed by atoms with E-state index in [1.165, 1.54) is 18.2 Å². The van der Waals surface area contributed by atoms with Crippen LogP contribution in [0.1, 0.15) is 22.7 Å². The SMILES string of the molecule is NC(Cc1ccccc1F)c1cc(F)ccc1C(F)(F)F. The van der Waals surface area contributed by atoms with Gasteiger partial charge in [0.25, 0.3) is 0 Å². The fraction of sp³-hybridized carbons (Fsp3) is 0.200. The third-order valence-electron chi connectivity index (χ3n) is 3.12. The highest BCUT2D eigenvalue weighted by molar-refractivity contribution is 5.34. The summed E-state index contributed by atoms with van der Waals surface area (Å²) in [7, 11) is 0. The fourth-order valence-corrected chi connectivity index (χ4v) is 2.11. The number of hydrogen-bond acceptors (Lipinski definition) is 1. The Kier molecular flexibility index (Phi) is 4.27. The van der Waals surface area contributed by atoms with Gasteiger partial charge in [-0.2, -0.15) is 13.2 Å². The van der Waals surface area contributed by atoms with Gasteiger partial charge < -0.3 is 5.73 Å². The zero-order valence-electron chi connectivity index (χ0n) is 10.8. The average Bonchev–Trinajstić information content (AvgIpc) is 2.40. The largest absolute Gasteiger partial charge is 0.416 e. The van der Waals surface area contributed by atoms with E-state index in [9.17, 15) is 22.0 Å². The molecule has 1 nitrogen and oxygen atoms in total. The van der Waals surface area contributed by atoms with E-state index in [0.717, 1.165) is 12.1 Å². The second kappa shape index (κ2) is 5.81. The van der Waals surface area contributed by atoms with Crippen LogP contribution in [0.15, 0.2) is 42.5 Å². The molecule has 1 unspecified atom stereocenters. The van der Waals surface area contributed by atoms with Gasteiger partial charge in [0.1, 0.15) is 11.6 Å². The summed E-state index contributed by atoms with van der Waals surface area (Å²) >= 11 is 0. The summed E-state index contributed by atoms with van der Waals surface area (Å²) in [5.74, 6) is -1.38. The van der Waals surface area contributed by atoms with Gasteiger partial charge in [-0.15, -0.1) is 0 Å². The number of benzene rings is 2. The van der Waals surface area contributed by atoms with Crippen LogP contribution >= 0.6 is 0 Å². The van der Waals surface area contributed by atoms with Gasteiger partial charge in [0, 0.05) is 6.04 Å². The maximum atomic E-state index is 13.5. The van der Waals surface area contributed by atoms with Crippen LogP contribution in [-0.4, -0.2) is 0 Å². The quantitative estimate of drug-likeness (QED) is 0.844. The summed E-state index contributed by atoms with van der Waals surface area (Å²) in [5.41, 5.74) is 4.52. The zero-order valence-corrected chi connectivity index (χ0v) is 10.8. The highest BCUT2D eigenvalue weighted by Crippen LogP contribution is 2.35. The first-order valence-corrected chi connectivity index (χ1v) is 6.14. The van der Waals surface area contributed by atoms with Crippen LogP contribution in [0.25, 0.3) is 0 Å². The second-order valence-corrected chi connectivity index (χ2v) is 4.63. The minimum atomic E-state index is -4.64. The lowest BCUT2D eigenvalue weighted by Gasteiger charge is -2.18.